The van der Waals surface area contributed by atoms with Gasteiger partial charge in [0.1, 0.15) is 17.8 Å². The first-order valence-corrected chi connectivity index (χ1v) is 8.85. The largest absolute Gasteiger partial charge is 0.486 e. The molecule has 0 radical (unpaired) electrons. The molecule has 25 heavy (non-hydrogen) atoms. The molecule has 2 unspecified atom stereocenters. The number of Topliss-reactive ketones (excluding diaryl/α,β-unsaturated/α-hetero) is 1. The summed E-state index contributed by atoms with van der Waals surface area (Å²) in [5.74, 6) is -2.27. The highest BCUT2D eigenvalue weighted by Gasteiger charge is 2.67. The van der Waals surface area contributed by atoms with E-state index in [4.69, 9.17) is 9.47 Å². The summed E-state index contributed by atoms with van der Waals surface area (Å²) in [7, 11) is 0. The molecule has 134 valence electrons. The number of aliphatic hydroxyl groups is 1. The topological polar surface area (TPSA) is 89.9 Å². The molecular weight excluding hydrogens is 324 g/mol. The lowest BCUT2D eigenvalue weighted by molar-refractivity contribution is -0.220. The van der Waals surface area contributed by atoms with Gasteiger partial charge in [0.2, 0.25) is 0 Å². The van der Waals surface area contributed by atoms with Crippen molar-refractivity contribution in [2.24, 2.45) is 23.7 Å². The van der Waals surface area contributed by atoms with Gasteiger partial charge in [0.25, 0.3) is 0 Å². The van der Waals surface area contributed by atoms with E-state index in [1.165, 1.54) is 6.08 Å². The van der Waals surface area contributed by atoms with Crippen LogP contribution in [0.4, 0.5) is 0 Å². The molecule has 0 aromatic rings. The summed E-state index contributed by atoms with van der Waals surface area (Å²) in [6, 6.07) is 0. The first-order chi connectivity index (χ1) is 11.8. The van der Waals surface area contributed by atoms with Crippen LogP contribution in [0.2, 0.25) is 0 Å². The monoisotopic (exact) mass is 346 g/mol. The maximum Gasteiger partial charge on any atom is 0.346 e. The van der Waals surface area contributed by atoms with E-state index in [2.05, 4.69) is 0 Å². The van der Waals surface area contributed by atoms with Gasteiger partial charge in [0.05, 0.1) is 5.92 Å². The summed E-state index contributed by atoms with van der Waals surface area (Å²) >= 11 is 0. The van der Waals surface area contributed by atoms with Gasteiger partial charge in [-0.1, -0.05) is 26.8 Å². The Morgan fingerprint density at radius 2 is 1.88 bits per heavy atom. The Labute approximate surface area is 145 Å². The predicted octanol–water partition coefficient (Wildman–Crippen LogP) is 1.32. The molecule has 5 aliphatic rings. The zero-order valence-electron chi connectivity index (χ0n) is 14.5. The van der Waals surface area contributed by atoms with E-state index < -0.39 is 35.6 Å². The molecule has 5 rings (SSSR count). The summed E-state index contributed by atoms with van der Waals surface area (Å²) in [5.41, 5.74) is -1.21. The number of hydrogen-bond acceptors (Lipinski definition) is 6. The van der Waals surface area contributed by atoms with Gasteiger partial charge in [-0.25, -0.2) is 4.79 Å². The number of carbonyl (C=O) groups excluding carboxylic acids is 3. The lowest BCUT2D eigenvalue weighted by Crippen LogP contribution is -2.63. The molecule has 6 nitrogen and oxygen atoms in total. The Kier molecular flexibility index (Phi) is 3.48. The van der Waals surface area contributed by atoms with Gasteiger partial charge >= 0.3 is 5.97 Å². The van der Waals surface area contributed by atoms with Crippen molar-refractivity contribution in [1.82, 2.24) is 0 Å². The molecule has 7 atom stereocenters. The minimum atomic E-state index is -1.18. The molecule has 0 amide bonds. The van der Waals surface area contributed by atoms with Crippen LogP contribution in [0.15, 0.2) is 23.5 Å². The highest BCUT2D eigenvalue weighted by atomic mass is 16.6. The lowest BCUT2D eigenvalue weighted by atomic mass is 9.64. The minimum absolute atomic E-state index is 0.0252. The quantitative estimate of drug-likeness (QED) is 0.526. The zero-order chi connectivity index (χ0) is 18.1. The minimum Gasteiger partial charge on any atom is -0.486 e. The average molecular weight is 346 g/mol. The van der Waals surface area contributed by atoms with Gasteiger partial charge < -0.3 is 14.6 Å². The Balaban J connectivity index is 1.93. The highest BCUT2D eigenvalue weighted by molar-refractivity contribution is 6.20. The Bertz CT molecular complexity index is 734. The van der Waals surface area contributed by atoms with Crippen molar-refractivity contribution in [3.05, 3.63) is 23.5 Å². The molecule has 2 aliphatic carbocycles. The zero-order valence-corrected chi connectivity index (χ0v) is 14.5. The van der Waals surface area contributed by atoms with Crippen LogP contribution in [0.3, 0.4) is 0 Å². The Hall–Kier alpha value is -1.95. The molecule has 1 N–H and O–H groups in total. The Morgan fingerprint density at radius 1 is 1.16 bits per heavy atom. The SMILES string of the molecule is C[C@@H]1C[C@H](C)C(=O)/C=C/[C@@H]2C(O)C3OC4=C(C(=O)O[C@@]42C[C@H]3C)C1=O. The molecule has 0 aromatic heterocycles. The number of ketones is 2. The number of hydrogen-bond donors (Lipinski definition) is 1. The van der Waals surface area contributed by atoms with E-state index in [-0.39, 0.29) is 34.7 Å². The number of rotatable bonds is 0. The predicted molar refractivity (Wildman–Crippen MR) is 86.1 cm³/mol. The first-order valence-electron chi connectivity index (χ1n) is 8.85. The van der Waals surface area contributed by atoms with Crippen LogP contribution < -0.4 is 0 Å². The standard InChI is InChI=1S/C19H22O6/c1-8-6-9(2)14(21)13-17-19(25-18(13)23)7-10(3)16(24-17)15(22)11(19)4-5-12(8)20/h4-5,8-11,15-16,22H,6-7H2,1-3H3/b5-4+/t8-,9+,10+,11+,15?,16?,19+/m0/s1. The molecule has 1 spiro atoms. The van der Waals surface area contributed by atoms with Crippen LogP contribution in [-0.4, -0.2) is 40.5 Å². The van der Waals surface area contributed by atoms with E-state index in [0.717, 1.165) is 0 Å². The van der Waals surface area contributed by atoms with E-state index in [1.54, 1.807) is 19.9 Å². The summed E-state index contributed by atoms with van der Waals surface area (Å²) in [6.07, 6.45) is 2.51. The van der Waals surface area contributed by atoms with Crippen molar-refractivity contribution in [3.63, 3.8) is 0 Å². The second kappa shape index (κ2) is 5.27. The van der Waals surface area contributed by atoms with Crippen molar-refractivity contribution >= 4 is 17.5 Å². The molecule has 3 fully saturated rings. The summed E-state index contributed by atoms with van der Waals surface area (Å²) in [5, 5.41) is 10.7. The molecule has 5 bridgehead atoms. The van der Waals surface area contributed by atoms with E-state index in [9.17, 15) is 19.5 Å². The smallest absolute Gasteiger partial charge is 0.346 e. The van der Waals surface area contributed by atoms with Crippen molar-refractivity contribution in [1.29, 1.82) is 0 Å². The van der Waals surface area contributed by atoms with Gasteiger partial charge in [0.15, 0.2) is 22.9 Å². The number of allylic oxidation sites excluding steroid dienone is 1. The molecule has 1 saturated carbocycles. The summed E-state index contributed by atoms with van der Waals surface area (Å²) in [4.78, 5) is 37.8. The fraction of sp³-hybridized carbons (Fsp3) is 0.632. The second-order valence-electron chi connectivity index (χ2n) is 7.93. The van der Waals surface area contributed by atoms with Crippen LogP contribution in [0.1, 0.15) is 33.6 Å². The lowest BCUT2D eigenvalue weighted by Gasteiger charge is -2.54. The summed E-state index contributed by atoms with van der Waals surface area (Å²) < 4.78 is 11.6. The number of aliphatic hydroxyl groups excluding tert-OH is 1. The van der Waals surface area contributed by atoms with Crippen molar-refractivity contribution in [2.45, 2.75) is 51.4 Å². The molecular formula is C19H22O6. The van der Waals surface area contributed by atoms with Crippen molar-refractivity contribution < 1.29 is 29.0 Å². The average Bonchev–Trinajstić information content (AvgIpc) is 2.83. The third kappa shape index (κ3) is 2.09. The number of esters is 1. The second-order valence-corrected chi connectivity index (χ2v) is 7.93. The molecule has 6 heteroatoms. The van der Waals surface area contributed by atoms with Gasteiger partial charge in [-0.3, -0.25) is 9.59 Å². The molecule has 3 heterocycles. The number of ether oxygens (including phenoxy) is 2. The van der Waals surface area contributed by atoms with E-state index in [0.29, 0.717) is 12.8 Å². The van der Waals surface area contributed by atoms with Gasteiger partial charge in [0, 0.05) is 18.3 Å². The highest BCUT2D eigenvalue weighted by Crippen LogP contribution is 2.56. The normalized spacial score (nSPS) is 47.3. The van der Waals surface area contributed by atoms with Crippen LogP contribution in [0, 0.1) is 23.7 Å². The fourth-order valence-electron chi connectivity index (χ4n) is 4.79. The van der Waals surface area contributed by atoms with E-state index in [1.807, 2.05) is 6.92 Å². The van der Waals surface area contributed by atoms with Gasteiger partial charge in [-0.05, 0) is 18.4 Å². The fourth-order valence-corrected chi connectivity index (χ4v) is 4.79. The Morgan fingerprint density at radius 3 is 2.60 bits per heavy atom. The van der Waals surface area contributed by atoms with Crippen molar-refractivity contribution in [3.8, 4) is 0 Å². The van der Waals surface area contributed by atoms with Gasteiger partial charge in [-0.2, -0.15) is 0 Å². The maximum absolute atomic E-state index is 12.9. The van der Waals surface area contributed by atoms with Crippen LogP contribution in [-0.2, 0) is 23.9 Å². The third-order valence-corrected chi connectivity index (χ3v) is 6.13. The van der Waals surface area contributed by atoms with Gasteiger partial charge in [-0.15, -0.1) is 0 Å². The van der Waals surface area contributed by atoms with Crippen LogP contribution in [0.25, 0.3) is 0 Å². The number of fused-ring (bicyclic) bond motifs is 1. The van der Waals surface area contributed by atoms with Crippen LogP contribution >= 0.6 is 0 Å². The van der Waals surface area contributed by atoms with E-state index >= 15 is 0 Å². The van der Waals surface area contributed by atoms with Crippen LogP contribution in [0.5, 0.6) is 0 Å². The third-order valence-electron chi connectivity index (χ3n) is 6.13. The van der Waals surface area contributed by atoms with Crippen molar-refractivity contribution in [2.75, 3.05) is 0 Å². The molecule has 2 saturated heterocycles. The summed E-state index contributed by atoms with van der Waals surface area (Å²) in [6.45, 7) is 5.41. The first kappa shape index (κ1) is 16.5. The maximum atomic E-state index is 12.9. The number of carbonyl (C=O) groups is 3. The molecule has 0 aromatic carbocycles. The molecule has 3 aliphatic heterocycles.